The normalized spacial score (nSPS) is 23.8. The fraction of sp³-hybridized carbons (Fsp3) is 0.500. The van der Waals surface area contributed by atoms with Gasteiger partial charge in [0.25, 0.3) is 0 Å². The van der Waals surface area contributed by atoms with Gasteiger partial charge in [-0.2, -0.15) is 0 Å². The van der Waals surface area contributed by atoms with Crippen LogP contribution in [0.4, 0.5) is 0 Å². The van der Waals surface area contributed by atoms with Crippen molar-refractivity contribution in [2.24, 2.45) is 5.92 Å². The van der Waals surface area contributed by atoms with Crippen molar-refractivity contribution in [1.82, 2.24) is 10.3 Å². The second-order valence-corrected chi connectivity index (χ2v) is 6.59. The number of fused-ring (bicyclic) bond motifs is 1. The Bertz CT molecular complexity index is 492. The molecule has 18 heavy (non-hydrogen) atoms. The number of nitrogens with zero attached hydrogens (tertiary/aromatic N) is 1. The summed E-state index contributed by atoms with van der Waals surface area (Å²) >= 11 is 8.05. The van der Waals surface area contributed by atoms with Gasteiger partial charge in [0.2, 0.25) is 0 Å². The third kappa shape index (κ3) is 2.68. The number of alkyl halides is 1. The number of thiazole rings is 1. The molecule has 0 saturated heterocycles. The molecule has 1 heterocycles. The minimum atomic E-state index is 0.368. The first-order valence-electron chi connectivity index (χ1n) is 6.52. The molecule has 1 aliphatic rings. The van der Waals surface area contributed by atoms with Crippen LogP contribution < -0.4 is 5.32 Å². The van der Waals surface area contributed by atoms with Crippen molar-refractivity contribution in [3.63, 3.8) is 0 Å². The lowest BCUT2D eigenvalue weighted by atomic mass is 10.1. The van der Waals surface area contributed by atoms with Crippen LogP contribution in [0.15, 0.2) is 24.3 Å². The Kier molecular flexibility index (Phi) is 3.83. The number of aromatic nitrogens is 1. The van der Waals surface area contributed by atoms with Crippen LogP contribution >= 0.6 is 22.9 Å². The summed E-state index contributed by atoms with van der Waals surface area (Å²) in [5, 5.41) is 5.03. The van der Waals surface area contributed by atoms with E-state index in [1.807, 2.05) is 6.07 Å². The number of hydrogen-bond acceptors (Lipinski definition) is 3. The molecule has 2 atom stereocenters. The van der Waals surface area contributed by atoms with Crippen LogP contribution in [0.2, 0.25) is 0 Å². The van der Waals surface area contributed by atoms with Crippen LogP contribution in [0.3, 0.4) is 0 Å². The van der Waals surface area contributed by atoms with E-state index in [2.05, 4.69) is 28.5 Å². The van der Waals surface area contributed by atoms with Gasteiger partial charge in [0, 0.05) is 11.9 Å². The molecule has 0 amide bonds. The third-order valence-corrected chi connectivity index (χ3v) is 5.20. The van der Waals surface area contributed by atoms with Crippen molar-refractivity contribution in [2.75, 3.05) is 6.54 Å². The van der Waals surface area contributed by atoms with Crippen molar-refractivity contribution in [3.8, 4) is 0 Å². The van der Waals surface area contributed by atoms with E-state index in [4.69, 9.17) is 11.6 Å². The Morgan fingerprint density at radius 3 is 3.00 bits per heavy atom. The molecular weight excluding hydrogens is 264 g/mol. The molecule has 1 aromatic carbocycles. The van der Waals surface area contributed by atoms with Gasteiger partial charge in [0.15, 0.2) is 0 Å². The van der Waals surface area contributed by atoms with Crippen molar-refractivity contribution in [2.45, 2.75) is 31.2 Å². The zero-order valence-corrected chi connectivity index (χ0v) is 11.8. The molecule has 0 aliphatic heterocycles. The molecule has 1 aromatic heterocycles. The lowest BCUT2D eigenvalue weighted by molar-refractivity contribution is 0.493. The summed E-state index contributed by atoms with van der Waals surface area (Å²) < 4.78 is 1.27. The maximum Gasteiger partial charge on any atom is 0.108 e. The molecule has 96 valence electrons. The molecule has 0 bridgehead atoms. The lowest BCUT2D eigenvalue weighted by Crippen LogP contribution is -2.25. The number of benzene rings is 1. The van der Waals surface area contributed by atoms with E-state index in [1.165, 1.54) is 29.0 Å². The van der Waals surface area contributed by atoms with Gasteiger partial charge >= 0.3 is 0 Å². The molecule has 0 spiro atoms. The van der Waals surface area contributed by atoms with Crippen molar-refractivity contribution in [3.05, 3.63) is 29.3 Å². The maximum atomic E-state index is 6.27. The predicted octanol–water partition coefficient (Wildman–Crippen LogP) is 3.79. The van der Waals surface area contributed by atoms with Crippen LogP contribution in [-0.4, -0.2) is 16.9 Å². The molecule has 3 rings (SSSR count). The Morgan fingerprint density at radius 2 is 2.22 bits per heavy atom. The van der Waals surface area contributed by atoms with E-state index >= 15 is 0 Å². The van der Waals surface area contributed by atoms with Crippen molar-refractivity contribution in [1.29, 1.82) is 0 Å². The van der Waals surface area contributed by atoms with Crippen LogP contribution in [0.5, 0.6) is 0 Å². The summed E-state index contributed by atoms with van der Waals surface area (Å²) in [6, 6.07) is 8.30. The minimum Gasteiger partial charge on any atom is -0.310 e. The number of hydrogen-bond donors (Lipinski definition) is 1. The summed E-state index contributed by atoms with van der Waals surface area (Å²) in [6.07, 6.45) is 3.72. The molecule has 1 fully saturated rings. The van der Waals surface area contributed by atoms with Crippen LogP contribution in [-0.2, 0) is 6.54 Å². The average Bonchev–Trinajstić information content (AvgIpc) is 2.96. The third-order valence-electron chi connectivity index (χ3n) is 3.59. The molecule has 1 aliphatic carbocycles. The highest BCUT2D eigenvalue weighted by Gasteiger charge is 2.24. The van der Waals surface area contributed by atoms with Crippen LogP contribution in [0.25, 0.3) is 10.2 Å². The van der Waals surface area contributed by atoms with Crippen LogP contribution in [0, 0.1) is 5.92 Å². The first kappa shape index (κ1) is 12.4. The van der Waals surface area contributed by atoms with E-state index in [1.54, 1.807) is 11.3 Å². The molecule has 2 aromatic rings. The van der Waals surface area contributed by atoms with Gasteiger partial charge in [0.1, 0.15) is 5.01 Å². The van der Waals surface area contributed by atoms with Gasteiger partial charge in [0.05, 0.1) is 10.2 Å². The van der Waals surface area contributed by atoms with Gasteiger partial charge in [-0.15, -0.1) is 22.9 Å². The quantitative estimate of drug-likeness (QED) is 0.862. The topological polar surface area (TPSA) is 24.9 Å². The zero-order valence-electron chi connectivity index (χ0n) is 10.2. The van der Waals surface area contributed by atoms with Gasteiger partial charge < -0.3 is 5.32 Å². The Hall–Kier alpha value is -0.640. The van der Waals surface area contributed by atoms with Gasteiger partial charge in [-0.3, -0.25) is 0 Å². The van der Waals surface area contributed by atoms with E-state index in [-0.39, 0.29) is 0 Å². The predicted molar refractivity (Wildman–Crippen MR) is 78.3 cm³/mol. The second kappa shape index (κ2) is 5.55. The highest BCUT2D eigenvalue weighted by Crippen LogP contribution is 2.29. The SMILES string of the molecule is ClC1CCCC1CNCc1nc2ccccc2s1. The molecule has 0 radical (unpaired) electrons. The number of halogens is 1. The first-order valence-corrected chi connectivity index (χ1v) is 7.77. The summed E-state index contributed by atoms with van der Waals surface area (Å²) in [7, 11) is 0. The van der Waals surface area contributed by atoms with E-state index in [0.29, 0.717) is 11.3 Å². The fourth-order valence-corrected chi connectivity index (χ4v) is 3.89. The average molecular weight is 281 g/mol. The minimum absolute atomic E-state index is 0.368. The van der Waals surface area contributed by atoms with Crippen molar-refractivity contribution < 1.29 is 0 Å². The van der Waals surface area contributed by atoms with Crippen LogP contribution in [0.1, 0.15) is 24.3 Å². The number of rotatable bonds is 4. The van der Waals surface area contributed by atoms with E-state index in [0.717, 1.165) is 18.6 Å². The summed E-state index contributed by atoms with van der Waals surface area (Å²) in [5.74, 6) is 0.640. The van der Waals surface area contributed by atoms with E-state index < -0.39 is 0 Å². The van der Waals surface area contributed by atoms with E-state index in [9.17, 15) is 0 Å². The molecule has 2 nitrogen and oxygen atoms in total. The standard InChI is InChI=1S/C14H17ClN2S/c15-11-5-3-4-10(11)8-16-9-14-17-12-6-1-2-7-13(12)18-14/h1-2,6-7,10-11,16H,3-5,8-9H2. The summed E-state index contributed by atoms with van der Waals surface area (Å²) in [6.45, 7) is 1.88. The monoisotopic (exact) mass is 280 g/mol. The first-order chi connectivity index (χ1) is 8.83. The highest BCUT2D eigenvalue weighted by molar-refractivity contribution is 7.18. The molecule has 4 heteroatoms. The maximum absolute atomic E-state index is 6.27. The lowest BCUT2D eigenvalue weighted by Gasteiger charge is -2.13. The largest absolute Gasteiger partial charge is 0.310 e. The molecule has 1 saturated carbocycles. The number of para-hydroxylation sites is 1. The Labute approximate surface area is 116 Å². The van der Waals surface area contributed by atoms with Crippen molar-refractivity contribution >= 4 is 33.2 Å². The van der Waals surface area contributed by atoms with Gasteiger partial charge in [-0.25, -0.2) is 4.98 Å². The summed E-state index contributed by atoms with van der Waals surface area (Å²) in [4.78, 5) is 4.62. The van der Waals surface area contributed by atoms with Gasteiger partial charge in [-0.1, -0.05) is 18.6 Å². The Balaban J connectivity index is 1.56. The summed E-state index contributed by atoms with van der Waals surface area (Å²) in [5.41, 5.74) is 1.11. The Morgan fingerprint density at radius 1 is 1.33 bits per heavy atom. The zero-order chi connectivity index (χ0) is 12.4. The van der Waals surface area contributed by atoms with Gasteiger partial charge in [-0.05, 0) is 37.4 Å². The molecule has 2 unspecified atom stereocenters. The fourth-order valence-electron chi connectivity index (χ4n) is 2.58. The second-order valence-electron chi connectivity index (χ2n) is 4.91. The molecular formula is C14H17ClN2S. The smallest absolute Gasteiger partial charge is 0.108 e. The number of nitrogens with one attached hydrogen (secondary N) is 1. The molecule has 1 N–H and O–H groups in total. The highest BCUT2D eigenvalue weighted by atomic mass is 35.5.